The Hall–Kier alpha value is -0.980. The van der Waals surface area contributed by atoms with Gasteiger partial charge < -0.3 is 5.73 Å². The van der Waals surface area contributed by atoms with Crippen molar-refractivity contribution in [3.63, 3.8) is 0 Å². The van der Waals surface area contributed by atoms with Crippen LogP contribution >= 0.6 is 12.2 Å². The minimum Gasteiger partial charge on any atom is -0.389 e. The molecule has 1 saturated carbocycles. The van der Waals surface area contributed by atoms with Gasteiger partial charge in [-0.15, -0.1) is 0 Å². The molecule has 1 aliphatic rings. The van der Waals surface area contributed by atoms with Gasteiger partial charge in [-0.25, -0.2) is 8.42 Å². The van der Waals surface area contributed by atoms with Gasteiger partial charge in [0.05, 0.1) is 4.90 Å². The molecule has 1 aromatic carbocycles. The molecule has 2 rings (SSSR count). The van der Waals surface area contributed by atoms with Gasteiger partial charge in [-0.3, -0.25) is 0 Å². The van der Waals surface area contributed by atoms with E-state index in [4.69, 9.17) is 18.0 Å². The first-order valence-electron chi connectivity index (χ1n) is 7.38. The third-order valence-electron chi connectivity index (χ3n) is 4.02. The lowest BCUT2D eigenvalue weighted by Gasteiger charge is -2.32. The lowest BCUT2D eigenvalue weighted by atomic mass is 9.95. The second kappa shape index (κ2) is 6.85. The average molecular weight is 326 g/mol. The molecule has 6 heteroatoms. The molecule has 0 saturated heterocycles. The molecule has 0 radical (unpaired) electrons. The molecule has 0 spiro atoms. The fourth-order valence-corrected chi connectivity index (χ4v) is 4.81. The third-order valence-corrected chi connectivity index (χ3v) is 6.28. The maximum absolute atomic E-state index is 12.9. The first-order valence-corrected chi connectivity index (χ1v) is 9.23. The van der Waals surface area contributed by atoms with E-state index in [1.54, 1.807) is 28.6 Å². The van der Waals surface area contributed by atoms with Gasteiger partial charge in [0, 0.05) is 18.2 Å². The zero-order valence-corrected chi connectivity index (χ0v) is 13.9. The molecule has 1 aliphatic carbocycles. The molecule has 0 aromatic heterocycles. The molecule has 0 heterocycles. The number of sulfonamides is 1. The van der Waals surface area contributed by atoms with Crippen LogP contribution in [0, 0.1) is 0 Å². The van der Waals surface area contributed by atoms with E-state index >= 15 is 0 Å². The van der Waals surface area contributed by atoms with E-state index < -0.39 is 10.0 Å². The number of rotatable bonds is 5. The number of benzene rings is 1. The molecule has 0 amide bonds. The maximum atomic E-state index is 12.9. The highest BCUT2D eigenvalue weighted by Gasteiger charge is 2.31. The van der Waals surface area contributed by atoms with Crippen molar-refractivity contribution in [3.8, 4) is 0 Å². The Kier molecular flexibility index (Phi) is 5.35. The topological polar surface area (TPSA) is 63.4 Å². The van der Waals surface area contributed by atoms with Gasteiger partial charge in [0.25, 0.3) is 0 Å². The molecule has 116 valence electrons. The molecular weight excluding hydrogens is 304 g/mol. The summed E-state index contributed by atoms with van der Waals surface area (Å²) in [6.45, 7) is 2.38. The predicted octanol–water partition coefficient (Wildman–Crippen LogP) is 2.66. The van der Waals surface area contributed by atoms with Crippen LogP contribution < -0.4 is 5.73 Å². The fraction of sp³-hybridized carbons (Fsp3) is 0.533. The normalized spacial score (nSPS) is 17.0. The summed E-state index contributed by atoms with van der Waals surface area (Å²) in [6.07, 6.45) is 5.29. The Bertz CT molecular complexity index is 608. The summed E-state index contributed by atoms with van der Waals surface area (Å²) in [5, 5.41) is 0. The fourth-order valence-electron chi connectivity index (χ4n) is 2.94. The highest BCUT2D eigenvalue weighted by molar-refractivity contribution is 7.89. The zero-order chi connectivity index (χ0) is 15.5. The van der Waals surface area contributed by atoms with E-state index in [0.717, 1.165) is 25.7 Å². The molecule has 0 aliphatic heterocycles. The largest absolute Gasteiger partial charge is 0.389 e. The summed E-state index contributed by atoms with van der Waals surface area (Å²) in [5.41, 5.74) is 6.19. The minimum atomic E-state index is -3.49. The van der Waals surface area contributed by atoms with Crippen LogP contribution in [0.1, 0.15) is 44.6 Å². The van der Waals surface area contributed by atoms with Crippen molar-refractivity contribution in [1.82, 2.24) is 4.31 Å². The maximum Gasteiger partial charge on any atom is 0.243 e. The molecule has 0 unspecified atom stereocenters. The first-order chi connectivity index (χ1) is 9.96. The van der Waals surface area contributed by atoms with Gasteiger partial charge in [-0.2, -0.15) is 4.31 Å². The van der Waals surface area contributed by atoms with Crippen LogP contribution in [0.15, 0.2) is 29.2 Å². The second-order valence-corrected chi connectivity index (χ2v) is 7.72. The van der Waals surface area contributed by atoms with Crippen molar-refractivity contribution >= 4 is 27.2 Å². The lowest BCUT2D eigenvalue weighted by molar-refractivity contribution is 0.261. The molecule has 4 nitrogen and oxygen atoms in total. The van der Waals surface area contributed by atoms with Crippen molar-refractivity contribution in [2.24, 2.45) is 5.73 Å². The third kappa shape index (κ3) is 3.62. The van der Waals surface area contributed by atoms with E-state index in [-0.39, 0.29) is 15.9 Å². The first kappa shape index (κ1) is 16.4. The number of hydrogen-bond donors (Lipinski definition) is 1. The highest BCUT2D eigenvalue weighted by atomic mass is 32.2. The van der Waals surface area contributed by atoms with Crippen LogP contribution in [0.25, 0.3) is 0 Å². The quantitative estimate of drug-likeness (QED) is 0.845. The van der Waals surface area contributed by atoms with Crippen molar-refractivity contribution in [3.05, 3.63) is 29.8 Å². The molecular formula is C15H22N2O2S2. The average Bonchev–Trinajstić information content (AvgIpc) is 2.49. The Morgan fingerprint density at radius 2 is 2.00 bits per heavy atom. The van der Waals surface area contributed by atoms with Crippen molar-refractivity contribution < 1.29 is 8.42 Å². The Balaban J connectivity index is 2.34. The van der Waals surface area contributed by atoms with Crippen LogP contribution in [-0.4, -0.2) is 30.3 Å². The summed E-state index contributed by atoms with van der Waals surface area (Å²) >= 11 is 4.93. The van der Waals surface area contributed by atoms with Crippen LogP contribution in [0.2, 0.25) is 0 Å². The van der Waals surface area contributed by atoms with Crippen LogP contribution in [0.4, 0.5) is 0 Å². The van der Waals surface area contributed by atoms with Crippen LogP contribution in [-0.2, 0) is 10.0 Å². The van der Waals surface area contributed by atoms with Gasteiger partial charge in [-0.05, 0) is 25.0 Å². The summed E-state index contributed by atoms with van der Waals surface area (Å²) in [4.78, 5) is 0.494. The summed E-state index contributed by atoms with van der Waals surface area (Å²) in [5.74, 6) is 0. The Morgan fingerprint density at radius 1 is 1.33 bits per heavy atom. The number of nitrogens with two attached hydrogens (primary N) is 1. The van der Waals surface area contributed by atoms with Crippen molar-refractivity contribution in [2.45, 2.75) is 50.0 Å². The van der Waals surface area contributed by atoms with Gasteiger partial charge in [-0.1, -0.05) is 50.5 Å². The van der Waals surface area contributed by atoms with Crippen molar-refractivity contribution in [1.29, 1.82) is 0 Å². The molecule has 2 N–H and O–H groups in total. The SMILES string of the molecule is CCN(C1CCCCC1)S(=O)(=O)c1cccc(C(N)=S)c1. The predicted molar refractivity (Wildman–Crippen MR) is 88.8 cm³/mol. The minimum absolute atomic E-state index is 0.113. The van der Waals surface area contributed by atoms with Crippen molar-refractivity contribution in [2.75, 3.05) is 6.54 Å². The van der Waals surface area contributed by atoms with E-state index in [1.165, 1.54) is 6.42 Å². The van der Waals surface area contributed by atoms with Gasteiger partial charge in [0.2, 0.25) is 10.0 Å². The summed E-state index contributed by atoms with van der Waals surface area (Å²) < 4.78 is 27.4. The molecule has 0 atom stereocenters. The van der Waals surface area contributed by atoms with Gasteiger partial charge in [0.1, 0.15) is 4.99 Å². The van der Waals surface area contributed by atoms with E-state index in [1.807, 2.05) is 6.92 Å². The molecule has 1 aromatic rings. The van der Waals surface area contributed by atoms with Crippen LogP contribution in [0.5, 0.6) is 0 Å². The van der Waals surface area contributed by atoms with Gasteiger partial charge >= 0.3 is 0 Å². The monoisotopic (exact) mass is 326 g/mol. The standard InChI is InChI=1S/C15H22N2O2S2/c1-2-17(13-8-4-3-5-9-13)21(18,19)14-10-6-7-12(11-14)15(16)20/h6-7,10-11,13H,2-5,8-9H2,1H3,(H2,16,20). The van der Waals surface area contributed by atoms with E-state index in [9.17, 15) is 8.42 Å². The zero-order valence-electron chi connectivity index (χ0n) is 12.3. The summed E-state index contributed by atoms with van der Waals surface area (Å²) in [6, 6.07) is 6.72. The molecule has 1 fully saturated rings. The lowest BCUT2D eigenvalue weighted by Crippen LogP contribution is -2.41. The van der Waals surface area contributed by atoms with Gasteiger partial charge in [0.15, 0.2) is 0 Å². The Labute approximate surface area is 132 Å². The summed E-state index contributed by atoms with van der Waals surface area (Å²) in [7, 11) is -3.49. The van der Waals surface area contributed by atoms with E-state index in [2.05, 4.69) is 0 Å². The second-order valence-electron chi connectivity index (χ2n) is 5.39. The highest BCUT2D eigenvalue weighted by Crippen LogP contribution is 2.27. The van der Waals surface area contributed by atoms with Crippen LogP contribution in [0.3, 0.4) is 0 Å². The molecule has 0 bridgehead atoms. The number of nitrogens with zero attached hydrogens (tertiary/aromatic N) is 1. The smallest absolute Gasteiger partial charge is 0.243 e. The Morgan fingerprint density at radius 3 is 2.57 bits per heavy atom. The number of hydrogen-bond acceptors (Lipinski definition) is 3. The number of thiocarbonyl (C=S) groups is 1. The van der Waals surface area contributed by atoms with E-state index in [0.29, 0.717) is 12.1 Å². The molecule has 21 heavy (non-hydrogen) atoms.